The van der Waals surface area contributed by atoms with Gasteiger partial charge in [-0.3, -0.25) is 0 Å². The van der Waals surface area contributed by atoms with Crippen molar-refractivity contribution in [3.8, 4) is 0 Å². The fourth-order valence-electron chi connectivity index (χ4n) is 1.32. The quantitative estimate of drug-likeness (QED) is 0.847. The second kappa shape index (κ2) is 5.16. The molecule has 0 saturated heterocycles. The van der Waals surface area contributed by atoms with Gasteiger partial charge < -0.3 is 10.4 Å². The maximum absolute atomic E-state index is 11.6. The van der Waals surface area contributed by atoms with E-state index < -0.39 is 20.6 Å². The molecule has 0 atom stereocenters. The van der Waals surface area contributed by atoms with Crippen molar-refractivity contribution in [1.29, 1.82) is 0 Å². The molecule has 0 amide bonds. The van der Waals surface area contributed by atoms with E-state index in [1.54, 1.807) is 20.8 Å². The van der Waals surface area contributed by atoms with Crippen LogP contribution < -0.4 is 5.32 Å². The van der Waals surface area contributed by atoms with Gasteiger partial charge in [-0.1, -0.05) is 0 Å². The molecule has 106 valence electrons. The summed E-state index contributed by atoms with van der Waals surface area (Å²) in [7, 11) is -3.22. The van der Waals surface area contributed by atoms with Gasteiger partial charge in [0.05, 0.1) is 10.3 Å². The molecule has 19 heavy (non-hydrogen) atoms. The average Bonchev–Trinajstić information content (AvgIpc) is 2.24. The van der Waals surface area contributed by atoms with Gasteiger partial charge in [0.25, 0.3) is 0 Å². The van der Waals surface area contributed by atoms with Crippen molar-refractivity contribution in [2.24, 2.45) is 0 Å². The van der Waals surface area contributed by atoms with E-state index in [0.717, 1.165) is 0 Å². The van der Waals surface area contributed by atoms with E-state index in [0.29, 0.717) is 11.5 Å². The first kappa shape index (κ1) is 15.4. The standard InChI is InChI=1S/C12H18N2O4S/c1-8-5-9(11(15)16)6-10(14-8)13-7-12(2,3)19(4,17)18/h5-6H,7H2,1-4H3,(H,13,14)(H,15,16). The van der Waals surface area contributed by atoms with Gasteiger partial charge in [-0.2, -0.15) is 0 Å². The molecular formula is C12H18N2O4S. The van der Waals surface area contributed by atoms with Gasteiger partial charge in [0.15, 0.2) is 9.84 Å². The minimum Gasteiger partial charge on any atom is -0.478 e. The van der Waals surface area contributed by atoms with Crippen LogP contribution in [0.2, 0.25) is 0 Å². The lowest BCUT2D eigenvalue weighted by molar-refractivity contribution is 0.0696. The van der Waals surface area contributed by atoms with Crippen LogP contribution in [0, 0.1) is 6.92 Å². The Bertz CT molecular complexity index is 594. The Kier molecular flexibility index (Phi) is 4.19. The largest absolute Gasteiger partial charge is 0.478 e. The normalized spacial score (nSPS) is 12.2. The van der Waals surface area contributed by atoms with Crippen LogP contribution in [0.1, 0.15) is 29.9 Å². The summed E-state index contributed by atoms with van der Waals surface area (Å²) in [5.41, 5.74) is 0.673. The van der Waals surface area contributed by atoms with Gasteiger partial charge in [0.2, 0.25) is 0 Å². The van der Waals surface area contributed by atoms with Crippen molar-refractivity contribution in [1.82, 2.24) is 4.98 Å². The molecule has 0 aliphatic rings. The smallest absolute Gasteiger partial charge is 0.335 e. The molecule has 1 rings (SSSR count). The Morgan fingerprint density at radius 3 is 2.47 bits per heavy atom. The number of aryl methyl sites for hydroxylation is 1. The lowest BCUT2D eigenvalue weighted by Crippen LogP contribution is -2.38. The maximum atomic E-state index is 11.6. The number of nitrogens with zero attached hydrogens (tertiary/aromatic N) is 1. The molecular weight excluding hydrogens is 268 g/mol. The number of hydrogen-bond donors (Lipinski definition) is 2. The fourth-order valence-corrected chi connectivity index (χ4v) is 1.65. The summed E-state index contributed by atoms with van der Waals surface area (Å²) in [6.07, 6.45) is 1.17. The molecule has 0 saturated carbocycles. The van der Waals surface area contributed by atoms with Gasteiger partial charge in [-0.25, -0.2) is 18.2 Å². The molecule has 0 spiro atoms. The predicted molar refractivity (Wildman–Crippen MR) is 73.3 cm³/mol. The van der Waals surface area contributed by atoms with Gasteiger partial charge in [-0.15, -0.1) is 0 Å². The van der Waals surface area contributed by atoms with Gasteiger partial charge >= 0.3 is 5.97 Å². The molecule has 2 N–H and O–H groups in total. The first-order valence-corrected chi connectivity index (χ1v) is 7.57. The number of aromatic nitrogens is 1. The number of carbonyl (C=O) groups is 1. The van der Waals surface area contributed by atoms with Crippen molar-refractivity contribution in [2.45, 2.75) is 25.5 Å². The lowest BCUT2D eigenvalue weighted by atomic mass is 10.2. The number of pyridine rings is 1. The molecule has 1 aromatic rings. The first-order chi connectivity index (χ1) is 8.53. The molecule has 0 unspecified atom stereocenters. The lowest BCUT2D eigenvalue weighted by Gasteiger charge is -2.23. The summed E-state index contributed by atoms with van der Waals surface area (Å²) in [6, 6.07) is 2.84. The van der Waals surface area contributed by atoms with Gasteiger partial charge in [0.1, 0.15) is 5.82 Å². The molecule has 0 bridgehead atoms. The molecule has 0 aromatic carbocycles. The van der Waals surface area contributed by atoms with E-state index in [1.165, 1.54) is 18.4 Å². The van der Waals surface area contributed by atoms with Crippen molar-refractivity contribution >= 4 is 21.6 Å². The van der Waals surface area contributed by atoms with E-state index in [2.05, 4.69) is 10.3 Å². The number of nitrogens with one attached hydrogen (secondary N) is 1. The third-order valence-electron chi connectivity index (χ3n) is 2.90. The zero-order chi connectivity index (χ0) is 14.8. The van der Waals surface area contributed by atoms with Crippen molar-refractivity contribution in [3.05, 3.63) is 23.4 Å². The zero-order valence-corrected chi connectivity index (χ0v) is 12.2. The number of sulfone groups is 1. The summed E-state index contributed by atoms with van der Waals surface area (Å²) in [5.74, 6) is -0.690. The highest BCUT2D eigenvalue weighted by molar-refractivity contribution is 7.92. The Labute approximate surface area is 112 Å². The number of carboxylic acid groups (broad SMARTS) is 1. The number of hydrogen-bond acceptors (Lipinski definition) is 5. The highest BCUT2D eigenvalue weighted by Gasteiger charge is 2.30. The van der Waals surface area contributed by atoms with Crippen LogP contribution in [0.3, 0.4) is 0 Å². The van der Waals surface area contributed by atoms with Crippen molar-refractivity contribution in [2.75, 3.05) is 18.1 Å². The van der Waals surface area contributed by atoms with Crippen LogP contribution in [-0.2, 0) is 9.84 Å². The predicted octanol–water partition coefficient (Wildman–Crippen LogP) is 1.32. The van der Waals surface area contributed by atoms with Crippen LogP contribution in [0.5, 0.6) is 0 Å². The minimum absolute atomic E-state index is 0.118. The zero-order valence-electron chi connectivity index (χ0n) is 11.4. The molecule has 0 fully saturated rings. The van der Waals surface area contributed by atoms with E-state index in [9.17, 15) is 13.2 Å². The van der Waals surface area contributed by atoms with Crippen molar-refractivity contribution < 1.29 is 18.3 Å². The first-order valence-electron chi connectivity index (χ1n) is 5.68. The minimum atomic E-state index is -3.22. The SMILES string of the molecule is Cc1cc(C(=O)O)cc(NCC(C)(C)S(C)(=O)=O)n1. The molecule has 1 heterocycles. The third kappa shape index (κ3) is 3.92. The Morgan fingerprint density at radius 1 is 1.42 bits per heavy atom. The Balaban J connectivity index is 2.93. The van der Waals surface area contributed by atoms with E-state index in [4.69, 9.17) is 5.11 Å². The highest BCUT2D eigenvalue weighted by Crippen LogP contribution is 2.17. The molecule has 7 heteroatoms. The summed E-state index contributed by atoms with van der Waals surface area (Å²) >= 11 is 0. The number of rotatable bonds is 5. The number of anilines is 1. The topological polar surface area (TPSA) is 96.4 Å². The van der Waals surface area contributed by atoms with Crippen LogP contribution in [0.4, 0.5) is 5.82 Å². The van der Waals surface area contributed by atoms with E-state index in [1.807, 2.05) is 0 Å². The Morgan fingerprint density at radius 2 is 2.00 bits per heavy atom. The molecule has 6 nitrogen and oxygen atoms in total. The highest BCUT2D eigenvalue weighted by atomic mass is 32.2. The second-order valence-corrected chi connectivity index (χ2v) is 7.72. The summed E-state index contributed by atoms with van der Waals surface area (Å²) in [5, 5.41) is 11.8. The van der Waals surface area contributed by atoms with E-state index >= 15 is 0 Å². The molecule has 1 aromatic heterocycles. The molecule has 0 radical (unpaired) electrons. The summed E-state index contributed by atoms with van der Waals surface area (Å²) in [6.45, 7) is 5.03. The molecule has 0 aliphatic carbocycles. The number of carboxylic acids is 1. The third-order valence-corrected chi connectivity index (χ3v) is 5.05. The fraction of sp³-hybridized carbons (Fsp3) is 0.500. The monoisotopic (exact) mass is 286 g/mol. The summed E-state index contributed by atoms with van der Waals surface area (Å²) < 4.78 is 22.2. The molecule has 0 aliphatic heterocycles. The maximum Gasteiger partial charge on any atom is 0.335 e. The summed E-state index contributed by atoms with van der Waals surface area (Å²) in [4.78, 5) is 15.0. The van der Waals surface area contributed by atoms with Crippen LogP contribution in [0.25, 0.3) is 0 Å². The Hall–Kier alpha value is -1.63. The second-order valence-electron chi connectivity index (χ2n) is 5.07. The number of aromatic carboxylic acids is 1. The van der Waals surface area contributed by atoms with Gasteiger partial charge in [-0.05, 0) is 32.9 Å². The van der Waals surface area contributed by atoms with Crippen molar-refractivity contribution in [3.63, 3.8) is 0 Å². The van der Waals surface area contributed by atoms with Crippen LogP contribution in [-0.4, -0.2) is 42.0 Å². The van der Waals surface area contributed by atoms with E-state index in [-0.39, 0.29) is 12.1 Å². The van der Waals surface area contributed by atoms with Crippen LogP contribution in [0.15, 0.2) is 12.1 Å². The van der Waals surface area contributed by atoms with Gasteiger partial charge in [0, 0.05) is 18.5 Å². The average molecular weight is 286 g/mol. The van der Waals surface area contributed by atoms with Crippen LogP contribution >= 0.6 is 0 Å².